The molecule has 0 atom stereocenters. The molecule has 0 amide bonds. The third kappa shape index (κ3) is 2.72. The first kappa shape index (κ1) is 11.0. The van der Waals surface area contributed by atoms with Gasteiger partial charge in [-0.05, 0) is 11.6 Å². The van der Waals surface area contributed by atoms with Gasteiger partial charge >= 0.3 is 0 Å². The zero-order chi connectivity index (χ0) is 10.4. The lowest BCUT2D eigenvalue weighted by atomic mass is 10.1. The fraction of sp³-hybridized carbons (Fsp3) is 0.455. The third-order valence-electron chi connectivity index (χ3n) is 2.25. The van der Waals surface area contributed by atoms with Crippen molar-refractivity contribution in [2.45, 2.75) is 6.54 Å². The van der Waals surface area contributed by atoms with Gasteiger partial charge in [0.15, 0.2) is 0 Å². The number of rotatable bonds is 5. The summed E-state index contributed by atoms with van der Waals surface area (Å²) >= 11 is 0. The van der Waals surface area contributed by atoms with Crippen LogP contribution in [0.15, 0.2) is 24.3 Å². The summed E-state index contributed by atoms with van der Waals surface area (Å²) in [6.45, 7) is 2.19. The molecule has 0 fully saturated rings. The number of ether oxygens (including phenoxy) is 1. The van der Waals surface area contributed by atoms with Gasteiger partial charge in [-0.15, -0.1) is 0 Å². The molecule has 2 N–H and O–H groups in total. The summed E-state index contributed by atoms with van der Waals surface area (Å²) in [5.41, 5.74) is 8.02. The summed E-state index contributed by atoms with van der Waals surface area (Å²) in [6.07, 6.45) is 0. The molecule has 78 valence electrons. The van der Waals surface area contributed by atoms with Gasteiger partial charge in [-0.25, -0.2) is 0 Å². The number of nitrogens with zero attached hydrogens (tertiary/aromatic N) is 1. The van der Waals surface area contributed by atoms with Gasteiger partial charge in [-0.1, -0.05) is 18.2 Å². The molecule has 1 aromatic carbocycles. The van der Waals surface area contributed by atoms with E-state index in [-0.39, 0.29) is 0 Å². The van der Waals surface area contributed by atoms with Crippen molar-refractivity contribution in [2.75, 3.05) is 32.2 Å². The number of hydrogen-bond donors (Lipinski definition) is 1. The largest absolute Gasteiger partial charge is 0.383 e. The van der Waals surface area contributed by atoms with E-state index in [1.165, 1.54) is 11.3 Å². The van der Waals surface area contributed by atoms with Crippen LogP contribution < -0.4 is 10.6 Å². The van der Waals surface area contributed by atoms with Crippen molar-refractivity contribution in [1.82, 2.24) is 0 Å². The van der Waals surface area contributed by atoms with Gasteiger partial charge in [0.05, 0.1) is 6.61 Å². The molecule has 0 aliphatic heterocycles. The van der Waals surface area contributed by atoms with Gasteiger partial charge in [0.2, 0.25) is 0 Å². The van der Waals surface area contributed by atoms with Crippen LogP contribution in [0.25, 0.3) is 0 Å². The van der Waals surface area contributed by atoms with Crippen LogP contribution in [0.5, 0.6) is 0 Å². The highest BCUT2D eigenvalue weighted by Gasteiger charge is 2.04. The Hall–Kier alpha value is -1.06. The zero-order valence-corrected chi connectivity index (χ0v) is 8.86. The van der Waals surface area contributed by atoms with E-state index in [1.54, 1.807) is 7.11 Å². The number of nitrogens with two attached hydrogens (primary N) is 1. The summed E-state index contributed by atoms with van der Waals surface area (Å²) < 4.78 is 5.03. The van der Waals surface area contributed by atoms with Crippen molar-refractivity contribution in [3.63, 3.8) is 0 Å². The highest BCUT2D eigenvalue weighted by molar-refractivity contribution is 5.52. The number of anilines is 1. The average Bonchev–Trinajstić information content (AvgIpc) is 2.25. The van der Waals surface area contributed by atoms with E-state index in [2.05, 4.69) is 17.0 Å². The first-order valence-electron chi connectivity index (χ1n) is 4.77. The van der Waals surface area contributed by atoms with E-state index < -0.39 is 0 Å². The molecule has 1 rings (SSSR count). The van der Waals surface area contributed by atoms with Crippen LogP contribution in [-0.4, -0.2) is 27.3 Å². The predicted molar refractivity (Wildman–Crippen MR) is 59.5 cm³/mol. The fourth-order valence-electron chi connectivity index (χ4n) is 1.40. The lowest BCUT2D eigenvalue weighted by Gasteiger charge is -2.21. The van der Waals surface area contributed by atoms with Gasteiger partial charge in [0.1, 0.15) is 0 Å². The molecular weight excluding hydrogens is 176 g/mol. The van der Waals surface area contributed by atoms with Crippen LogP contribution in [0.2, 0.25) is 0 Å². The number of para-hydroxylation sites is 1. The summed E-state index contributed by atoms with van der Waals surface area (Å²) in [7, 11) is 3.76. The lowest BCUT2D eigenvalue weighted by Crippen LogP contribution is -2.23. The van der Waals surface area contributed by atoms with E-state index in [4.69, 9.17) is 10.5 Å². The number of benzene rings is 1. The van der Waals surface area contributed by atoms with Crippen LogP contribution in [0, 0.1) is 0 Å². The summed E-state index contributed by atoms with van der Waals surface area (Å²) in [6, 6.07) is 8.17. The Balaban J connectivity index is 2.72. The van der Waals surface area contributed by atoms with Gasteiger partial charge in [-0.3, -0.25) is 0 Å². The second-order valence-corrected chi connectivity index (χ2v) is 3.25. The predicted octanol–water partition coefficient (Wildman–Crippen LogP) is 1.23. The molecule has 0 radical (unpaired) electrons. The van der Waals surface area contributed by atoms with Crippen molar-refractivity contribution in [3.05, 3.63) is 29.8 Å². The highest BCUT2D eigenvalue weighted by Crippen LogP contribution is 2.17. The molecule has 0 bridgehead atoms. The molecule has 0 aliphatic rings. The zero-order valence-electron chi connectivity index (χ0n) is 8.86. The Morgan fingerprint density at radius 2 is 2.07 bits per heavy atom. The van der Waals surface area contributed by atoms with Crippen molar-refractivity contribution in [3.8, 4) is 0 Å². The van der Waals surface area contributed by atoms with Crippen molar-refractivity contribution in [1.29, 1.82) is 0 Å². The molecule has 14 heavy (non-hydrogen) atoms. The molecule has 0 unspecified atom stereocenters. The molecule has 0 aliphatic carbocycles. The molecule has 1 aromatic rings. The average molecular weight is 194 g/mol. The minimum Gasteiger partial charge on any atom is -0.383 e. The SMILES string of the molecule is COCCN(C)c1ccccc1CN. The monoisotopic (exact) mass is 194 g/mol. The Morgan fingerprint density at radius 3 is 2.71 bits per heavy atom. The Labute approximate surface area is 85.5 Å². The van der Waals surface area contributed by atoms with Gasteiger partial charge in [0.25, 0.3) is 0 Å². The van der Waals surface area contributed by atoms with E-state index in [0.717, 1.165) is 13.2 Å². The summed E-state index contributed by atoms with van der Waals surface area (Å²) in [5.74, 6) is 0. The van der Waals surface area contributed by atoms with E-state index in [1.807, 2.05) is 19.2 Å². The first-order chi connectivity index (χ1) is 6.79. The van der Waals surface area contributed by atoms with Crippen LogP contribution in [0.1, 0.15) is 5.56 Å². The molecular formula is C11H18N2O. The van der Waals surface area contributed by atoms with E-state index in [0.29, 0.717) is 6.54 Å². The maximum Gasteiger partial charge on any atom is 0.0637 e. The lowest BCUT2D eigenvalue weighted by molar-refractivity contribution is 0.206. The van der Waals surface area contributed by atoms with Crippen LogP contribution in [0.3, 0.4) is 0 Å². The molecule has 0 saturated carbocycles. The van der Waals surface area contributed by atoms with Crippen molar-refractivity contribution < 1.29 is 4.74 Å². The second kappa shape index (κ2) is 5.62. The standard InChI is InChI=1S/C11H18N2O/c1-13(7-8-14-2)11-6-4-3-5-10(11)9-12/h3-6H,7-9,12H2,1-2H3. The Morgan fingerprint density at radius 1 is 1.36 bits per heavy atom. The quantitative estimate of drug-likeness (QED) is 0.766. The van der Waals surface area contributed by atoms with Crippen molar-refractivity contribution in [2.24, 2.45) is 5.73 Å². The molecule has 0 aromatic heterocycles. The van der Waals surface area contributed by atoms with Gasteiger partial charge in [-0.2, -0.15) is 0 Å². The molecule has 3 heteroatoms. The minimum absolute atomic E-state index is 0.577. The van der Waals surface area contributed by atoms with Gasteiger partial charge < -0.3 is 15.4 Å². The molecule has 0 heterocycles. The van der Waals surface area contributed by atoms with Crippen molar-refractivity contribution >= 4 is 5.69 Å². The third-order valence-corrected chi connectivity index (χ3v) is 2.25. The molecule has 0 spiro atoms. The second-order valence-electron chi connectivity index (χ2n) is 3.25. The van der Waals surface area contributed by atoms with E-state index in [9.17, 15) is 0 Å². The van der Waals surface area contributed by atoms with Crippen LogP contribution in [0.4, 0.5) is 5.69 Å². The smallest absolute Gasteiger partial charge is 0.0637 e. The number of methoxy groups -OCH3 is 1. The van der Waals surface area contributed by atoms with Crippen LogP contribution in [-0.2, 0) is 11.3 Å². The first-order valence-corrected chi connectivity index (χ1v) is 4.77. The Kier molecular flexibility index (Phi) is 4.43. The molecule has 3 nitrogen and oxygen atoms in total. The minimum atomic E-state index is 0.577. The summed E-state index contributed by atoms with van der Waals surface area (Å²) in [5, 5.41) is 0. The number of hydrogen-bond acceptors (Lipinski definition) is 3. The maximum absolute atomic E-state index is 5.66. The van der Waals surface area contributed by atoms with Crippen LogP contribution >= 0.6 is 0 Å². The van der Waals surface area contributed by atoms with Gasteiger partial charge in [0, 0.05) is 32.9 Å². The number of likely N-dealkylation sites (N-methyl/N-ethyl adjacent to an activating group) is 1. The molecule has 0 saturated heterocycles. The topological polar surface area (TPSA) is 38.5 Å². The maximum atomic E-state index is 5.66. The van der Waals surface area contributed by atoms with E-state index >= 15 is 0 Å². The highest BCUT2D eigenvalue weighted by atomic mass is 16.5. The normalized spacial score (nSPS) is 10.2. The summed E-state index contributed by atoms with van der Waals surface area (Å²) in [4.78, 5) is 2.16. The fourth-order valence-corrected chi connectivity index (χ4v) is 1.40. The Bertz CT molecular complexity index is 276.